The number of carbonyl (C=O) groups excluding carboxylic acids is 2. The second kappa shape index (κ2) is 10.3. The first kappa shape index (κ1) is 22.6. The summed E-state index contributed by atoms with van der Waals surface area (Å²) < 4.78 is 10.6. The number of amides is 1. The van der Waals surface area contributed by atoms with E-state index in [0.717, 1.165) is 11.1 Å². The summed E-state index contributed by atoms with van der Waals surface area (Å²) in [5.74, 6) is -0.454. The quantitative estimate of drug-likeness (QED) is 0.676. The van der Waals surface area contributed by atoms with E-state index in [1.165, 1.54) is 7.11 Å². The van der Waals surface area contributed by atoms with E-state index in [2.05, 4.69) is 15.0 Å². The molecular formula is C22H24Cl2N2O4. The molecule has 0 saturated carbocycles. The zero-order chi connectivity index (χ0) is 21.7. The number of carbonyl (C=O) groups is 2. The lowest BCUT2D eigenvalue weighted by molar-refractivity contribution is -0.129. The average Bonchev–Trinajstić information content (AvgIpc) is 2.78. The molecule has 30 heavy (non-hydrogen) atoms. The molecule has 0 aromatic heterocycles. The van der Waals surface area contributed by atoms with Crippen LogP contribution in [0.4, 0.5) is 0 Å². The fourth-order valence-corrected chi connectivity index (χ4v) is 3.62. The van der Waals surface area contributed by atoms with Gasteiger partial charge in [-0.1, -0.05) is 41.4 Å². The highest BCUT2D eigenvalue weighted by Gasteiger charge is 2.29. The van der Waals surface area contributed by atoms with Crippen molar-refractivity contribution in [2.75, 3.05) is 26.8 Å². The van der Waals surface area contributed by atoms with Crippen LogP contribution < -0.4 is 5.32 Å². The number of morpholine rings is 1. The zero-order valence-corrected chi connectivity index (χ0v) is 18.4. The Balaban J connectivity index is 1.56. The van der Waals surface area contributed by atoms with Crippen molar-refractivity contribution in [1.82, 2.24) is 10.2 Å². The van der Waals surface area contributed by atoms with Crippen LogP contribution in [0.25, 0.3) is 0 Å². The molecule has 2 unspecified atom stereocenters. The molecule has 1 N–H and O–H groups in total. The maximum absolute atomic E-state index is 12.7. The molecule has 0 spiro atoms. The van der Waals surface area contributed by atoms with Gasteiger partial charge in [-0.25, -0.2) is 4.79 Å². The molecule has 1 aliphatic heterocycles. The summed E-state index contributed by atoms with van der Waals surface area (Å²) in [5, 5.41) is 3.94. The monoisotopic (exact) mass is 450 g/mol. The number of benzene rings is 2. The number of nitrogens with zero attached hydrogens (tertiary/aromatic N) is 1. The minimum Gasteiger partial charge on any atom is -0.465 e. The third-order valence-electron chi connectivity index (χ3n) is 5.18. The van der Waals surface area contributed by atoms with Crippen LogP contribution in [0.3, 0.4) is 0 Å². The molecule has 3 rings (SSSR count). The largest absolute Gasteiger partial charge is 0.465 e. The number of ether oxygens (including phenoxy) is 2. The molecular weight excluding hydrogens is 427 g/mol. The van der Waals surface area contributed by atoms with Crippen LogP contribution in [-0.4, -0.2) is 49.6 Å². The van der Waals surface area contributed by atoms with Crippen molar-refractivity contribution in [2.45, 2.75) is 25.6 Å². The lowest BCUT2D eigenvalue weighted by Gasteiger charge is -2.36. The Morgan fingerprint density at radius 3 is 2.60 bits per heavy atom. The van der Waals surface area contributed by atoms with Gasteiger partial charge < -0.3 is 14.8 Å². The summed E-state index contributed by atoms with van der Waals surface area (Å²) in [6.45, 7) is 4.04. The highest BCUT2D eigenvalue weighted by molar-refractivity contribution is 6.42. The number of halogens is 2. The van der Waals surface area contributed by atoms with Gasteiger partial charge in [-0.3, -0.25) is 9.69 Å². The highest BCUT2D eigenvalue weighted by Crippen LogP contribution is 2.29. The molecule has 0 bridgehead atoms. The van der Waals surface area contributed by atoms with E-state index >= 15 is 0 Å². The van der Waals surface area contributed by atoms with Crippen molar-refractivity contribution in [3.8, 4) is 0 Å². The second-order valence-electron chi connectivity index (χ2n) is 7.11. The molecule has 2 aromatic rings. The lowest BCUT2D eigenvalue weighted by atomic mass is 10.1. The van der Waals surface area contributed by atoms with Crippen LogP contribution in [0, 0.1) is 0 Å². The Hall–Kier alpha value is -2.12. The van der Waals surface area contributed by atoms with Crippen LogP contribution in [0.5, 0.6) is 0 Å². The SMILES string of the molecule is COC(=O)c1ccc(CNC(=O)C(C)N2CCOC(c3ccc(Cl)c(Cl)c3)C2)cc1. The minimum absolute atomic E-state index is 0.0677. The van der Waals surface area contributed by atoms with Crippen molar-refractivity contribution in [2.24, 2.45) is 0 Å². The van der Waals surface area contributed by atoms with Gasteiger partial charge in [-0.15, -0.1) is 0 Å². The Kier molecular flexibility index (Phi) is 7.72. The Bertz CT molecular complexity index is 905. The van der Waals surface area contributed by atoms with Gasteiger partial charge in [-0.2, -0.15) is 0 Å². The number of rotatable bonds is 6. The molecule has 0 radical (unpaired) electrons. The number of nitrogens with one attached hydrogen (secondary N) is 1. The van der Waals surface area contributed by atoms with E-state index in [9.17, 15) is 9.59 Å². The molecule has 1 amide bonds. The van der Waals surface area contributed by atoms with Gasteiger partial charge in [-0.05, 0) is 42.3 Å². The number of hydrogen-bond acceptors (Lipinski definition) is 5. The van der Waals surface area contributed by atoms with E-state index in [0.29, 0.717) is 41.8 Å². The Morgan fingerprint density at radius 1 is 1.20 bits per heavy atom. The van der Waals surface area contributed by atoms with Crippen LogP contribution in [0.2, 0.25) is 10.0 Å². The Morgan fingerprint density at radius 2 is 1.93 bits per heavy atom. The van der Waals surface area contributed by atoms with Crippen molar-refractivity contribution < 1.29 is 19.1 Å². The molecule has 6 nitrogen and oxygen atoms in total. The molecule has 2 aromatic carbocycles. The van der Waals surface area contributed by atoms with Crippen LogP contribution in [0.15, 0.2) is 42.5 Å². The van der Waals surface area contributed by atoms with Gasteiger partial charge in [0.2, 0.25) is 5.91 Å². The molecule has 1 saturated heterocycles. The van der Waals surface area contributed by atoms with Crippen LogP contribution >= 0.6 is 23.2 Å². The topological polar surface area (TPSA) is 67.9 Å². The van der Waals surface area contributed by atoms with Crippen LogP contribution in [-0.2, 0) is 20.8 Å². The maximum Gasteiger partial charge on any atom is 0.337 e. The predicted octanol–water partition coefficient (Wildman–Crippen LogP) is 3.86. The maximum atomic E-state index is 12.7. The Labute approximate surface area is 186 Å². The van der Waals surface area contributed by atoms with Gasteiger partial charge in [0.25, 0.3) is 0 Å². The van der Waals surface area contributed by atoms with E-state index < -0.39 is 0 Å². The number of esters is 1. The van der Waals surface area contributed by atoms with Gasteiger partial charge in [0, 0.05) is 19.6 Å². The standard InChI is InChI=1S/C22H24Cl2N2O4/c1-14(21(27)25-12-15-3-5-16(6-4-15)22(28)29-2)26-9-10-30-20(13-26)17-7-8-18(23)19(24)11-17/h3-8,11,14,20H,9-10,12-13H2,1-2H3,(H,25,27). The van der Waals surface area contributed by atoms with Crippen molar-refractivity contribution >= 4 is 35.1 Å². The van der Waals surface area contributed by atoms with E-state index in [-0.39, 0.29) is 24.0 Å². The van der Waals surface area contributed by atoms with Crippen molar-refractivity contribution in [3.05, 3.63) is 69.2 Å². The van der Waals surface area contributed by atoms with E-state index in [1.807, 2.05) is 13.0 Å². The van der Waals surface area contributed by atoms with E-state index in [4.69, 9.17) is 27.9 Å². The smallest absolute Gasteiger partial charge is 0.337 e. The van der Waals surface area contributed by atoms with Gasteiger partial charge in [0.1, 0.15) is 0 Å². The number of hydrogen-bond donors (Lipinski definition) is 1. The fraction of sp³-hybridized carbons (Fsp3) is 0.364. The molecule has 8 heteroatoms. The molecule has 1 fully saturated rings. The third-order valence-corrected chi connectivity index (χ3v) is 5.92. The first-order chi connectivity index (χ1) is 14.4. The van der Waals surface area contributed by atoms with Gasteiger partial charge >= 0.3 is 5.97 Å². The minimum atomic E-state index is -0.386. The average molecular weight is 451 g/mol. The molecule has 1 heterocycles. The summed E-state index contributed by atoms with van der Waals surface area (Å²) in [7, 11) is 1.34. The molecule has 2 atom stereocenters. The van der Waals surface area contributed by atoms with Gasteiger partial charge in [0.05, 0.1) is 41.5 Å². The fourth-order valence-electron chi connectivity index (χ4n) is 3.31. The van der Waals surface area contributed by atoms with Crippen molar-refractivity contribution in [1.29, 1.82) is 0 Å². The lowest BCUT2D eigenvalue weighted by Crippen LogP contribution is -2.50. The highest BCUT2D eigenvalue weighted by atomic mass is 35.5. The molecule has 160 valence electrons. The number of methoxy groups -OCH3 is 1. The normalized spacial score (nSPS) is 17.9. The second-order valence-corrected chi connectivity index (χ2v) is 7.92. The first-order valence-electron chi connectivity index (χ1n) is 9.64. The molecule has 1 aliphatic rings. The zero-order valence-electron chi connectivity index (χ0n) is 16.9. The summed E-state index contributed by atoms with van der Waals surface area (Å²) >= 11 is 12.1. The van der Waals surface area contributed by atoms with Crippen molar-refractivity contribution in [3.63, 3.8) is 0 Å². The first-order valence-corrected chi connectivity index (χ1v) is 10.4. The summed E-state index contributed by atoms with van der Waals surface area (Å²) in [5.41, 5.74) is 2.31. The summed E-state index contributed by atoms with van der Waals surface area (Å²) in [4.78, 5) is 26.3. The predicted molar refractivity (Wildman–Crippen MR) is 116 cm³/mol. The summed E-state index contributed by atoms with van der Waals surface area (Å²) in [6.07, 6.45) is -0.172. The van der Waals surface area contributed by atoms with Crippen LogP contribution in [0.1, 0.15) is 34.5 Å². The molecule has 0 aliphatic carbocycles. The van der Waals surface area contributed by atoms with E-state index in [1.54, 1.807) is 36.4 Å². The summed E-state index contributed by atoms with van der Waals surface area (Å²) in [6, 6.07) is 12.1. The third kappa shape index (κ3) is 5.52. The van der Waals surface area contributed by atoms with Gasteiger partial charge in [0.15, 0.2) is 0 Å².